The molecular formula is C21H29FN4. The van der Waals surface area contributed by atoms with Crippen LogP contribution in [0.15, 0.2) is 53.5 Å². The summed E-state index contributed by atoms with van der Waals surface area (Å²) in [6, 6.07) is 15.4. The summed E-state index contributed by atoms with van der Waals surface area (Å²) in [5, 5.41) is 6.62. The molecule has 140 valence electrons. The molecule has 0 aliphatic heterocycles. The van der Waals surface area contributed by atoms with E-state index < -0.39 is 0 Å². The molecule has 2 aromatic carbocycles. The second-order valence-electron chi connectivity index (χ2n) is 6.68. The number of guanidine groups is 1. The molecule has 0 spiro atoms. The molecule has 0 unspecified atom stereocenters. The second-order valence-corrected chi connectivity index (χ2v) is 6.68. The van der Waals surface area contributed by atoms with Crippen molar-refractivity contribution in [1.82, 2.24) is 15.5 Å². The van der Waals surface area contributed by atoms with E-state index in [0.717, 1.165) is 18.1 Å². The lowest BCUT2D eigenvalue weighted by Crippen LogP contribution is -2.36. The molecule has 0 atom stereocenters. The Morgan fingerprint density at radius 3 is 2.23 bits per heavy atom. The Hall–Kier alpha value is -2.40. The van der Waals surface area contributed by atoms with Crippen molar-refractivity contribution in [2.75, 3.05) is 14.1 Å². The number of benzene rings is 2. The summed E-state index contributed by atoms with van der Waals surface area (Å²) in [5.74, 6) is 0.501. The van der Waals surface area contributed by atoms with Crippen LogP contribution in [0.3, 0.4) is 0 Å². The first-order valence-corrected chi connectivity index (χ1v) is 8.95. The third-order valence-corrected chi connectivity index (χ3v) is 4.46. The maximum absolute atomic E-state index is 13.0. The Bertz CT molecular complexity index is 710. The monoisotopic (exact) mass is 356 g/mol. The van der Waals surface area contributed by atoms with Crippen molar-refractivity contribution in [3.05, 3.63) is 71.0 Å². The van der Waals surface area contributed by atoms with Crippen LogP contribution in [-0.4, -0.2) is 31.0 Å². The zero-order valence-corrected chi connectivity index (χ0v) is 16.1. The van der Waals surface area contributed by atoms with Crippen LogP contribution in [0, 0.1) is 5.82 Å². The summed E-state index contributed by atoms with van der Waals surface area (Å²) in [6.45, 7) is 6.60. The first-order chi connectivity index (χ1) is 12.5. The molecule has 2 aromatic rings. The van der Waals surface area contributed by atoms with Crippen LogP contribution >= 0.6 is 0 Å². The number of rotatable bonds is 7. The van der Waals surface area contributed by atoms with Gasteiger partial charge in [0.05, 0.1) is 0 Å². The van der Waals surface area contributed by atoms with E-state index in [2.05, 4.69) is 65.7 Å². The number of nitrogens with one attached hydrogen (secondary N) is 2. The lowest BCUT2D eigenvalue weighted by atomic mass is 10.1. The fraction of sp³-hybridized carbons (Fsp3) is 0.381. The molecule has 0 saturated carbocycles. The average Bonchev–Trinajstić information content (AvgIpc) is 2.64. The van der Waals surface area contributed by atoms with Gasteiger partial charge in [-0.05, 0) is 49.7 Å². The van der Waals surface area contributed by atoms with Crippen molar-refractivity contribution in [3.63, 3.8) is 0 Å². The number of halogens is 1. The zero-order chi connectivity index (χ0) is 18.9. The Balaban J connectivity index is 1.92. The Morgan fingerprint density at radius 1 is 1.00 bits per heavy atom. The van der Waals surface area contributed by atoms with E-state index in [0.29, 0.717) is 19.1 Å². The third-order valence-electron chi connectivity index (χ3n) is 4.46. The predicted octanol–water partition coefficient (Wildman–Crippen LogP) is 3.53. The van der Waals surface area contributed by atoms with Gasteiger partial charge in [0.25, 0.3) is 0 Å². The molecule has 0 saturated heterocycles. The minimum Gasteiger partial charge on any atom is -0.352 e. The van der Waals surface area contributed by atoms with Gasteiger partial charge in [-0.1, -0.05) is 36.4 Å². The summed E-state index contributed by atoms with van der Waals surface area (Å²) in [6.07, 6.45) is 0. The highest BCUT2D eigenvalue weighted by atomic mass is 19.1. The van der Waals surface area contributed by atoms with Crippen LogP contribution in [0.25, 0.3) is 0 Å². The maximum atomic E-state index is 13.0. The first-order valence-electron chi connectivity index (χ1n) is 8.95. The molecule has 0 radical (unpaired) electrons. The quantitative estimate of drug-likeness (QED) is 0.589. The minimum absolute atomic E-state index is 0.223. The highest BCUT2D eigenvalue weighted by molar-refractivity contribution is 5.79. The highest BCUT2D eigenvalue weighted by Gasteiger charge is 2.08. The number of hydrogen-bond acceptors (Lipinski definition) is 2. The Morgan fingerprint density at radius 2 is 1.62 bits per heavy atom. The van der Waals surface area contributed by atoms with E-state index in [4.69, 9.17) is 0 Å². The normalized spacial score (nSPS) is 11.9. The molecule has 2 rings (SSSR count). The van der Waals surface area contributed by atoms with Gasteiger partial charge in [-0.15, -0.1) is 0 Å². The molecule has 4 nitrogen and oxygen atoms in total. The smallest absolute Gasteiger partial charge is 0.191 e. The van der Waals surface area contributed by atoms with Crippen molar-refractivity contribution in [2.24, 2.45) is 4.99 Å². The molecule has 0 aliphatic rings. The lowest BCUT2D eigenvalue weighted by Gasteiger charge is -2.23. The Kier molecular flexibility index (Phi) is 7.60. The fourth-order valence-electron chi connectivity index (χ4n) is 2.52. The molecule has 26 heavy (non-hydrogen) atoms. The molecule has 0 amide bonds. The average molecular weight is 356 g/mol. The van der Waals surface area contributed by atoms with Gasteiger partial charge in [-0.2, -0.15) is 0 Å². The molecule has 2 N–H and O–H groups in total. The second kappa shape index (κ2) is 9.92. The molecule has 0 heterocycles. The van der Waals surface area contributed by atoms with E-state index in [1.54, 1.807) is 19.2 Å². The van der Waals surface area contributed by atoms with Gasteiger partial charge < -0.3 is 10.6 Å². The molecule has 0 bridgehead atoms. The Labute approximate surface area is 156 Å². The fourth-order valence-corrected chi connectivity index (χ4v) is 2.52. The summed E-state index contributed by atoms with van der Waals surface area (Å²) < 4.78 is 13.0. The van der Waals surface area contributed by atoms with Gasteiger partial charge in [0.2, 0.25) is 0 Å². The standard InChI is InChI=1S/C21H29FN4/c1-16(2)26(4)15-19-8-6-5-7-18(19)14-25-21(23-3)24-13-17-9-11-20(22)12-10-17/h5-12,16H,13-15H2,1-4H3,(H2,23,24,25). The largest absolute Gasteiger partial charge is 0.352 e. The topological polar surface area (TPSA) is 39.7 Å². The predicted molar refractivity (Wildman–Crippen MR) is 106 cm³/mol. The van der Waals surface area contributed by atoms with Gasteiger partial charge >= 0.3 is 0 Å². The van der Waals surface area contributed by atoms with Crippen molar-refractivity contribution >= 4 is 5.96 Å². The SMILES string of the molecule is CN=C(NCc1ccc(F)cc1)NCc1ccccc1CN(C)C(C)C. The summed E-state index contributed by atoms with van der Waals surface area (Å²) >= 11 is 0. The van der Waals surface area contributed by atoms with Crippen LogP contribution in [0.5, 0.6) is 0 Å². The minimum atomic E-state index is -0.223. The lowest BCUT2D eigenvalue weighted by molar-refractivity contribution is 0.265. The third kappa shape index (κ3) is 6.15. The van der Waals surface area contributed by atoms with Crippen LogP contribution in [-0.2, 0) is 19.6 Å². The van der Waals surface area contributed by atoms with E-state index in [1.165, 1.54) is 23.3 Å². The van der Waals surface area contributed by atoms with Crippen LogP contribution in [0.1, 0.15) is 30.5 Å². The zero-order valence-electron chi connectivity index (χ0n) is 16.1. The van der Waals surface area contributed by atoms with Crippen molar-refractivity contribution in [1.29, 1.82) is 0 Å². The van der Waals surface area contributed by atoms with Crippen molar-refractivity contribution in [2.45, 2.75) is 39.5 Å². The van der Waals surface area contributed by atoms with Crippen molar-refractivity contribution in [3.8, 4) is 0 Å². The molecule has 5 heteroatoms. The molecule has 0 fully saturated rings. The van der Waals surface area contributed by atoms with Crippen molar-refractivity contribution < 1.29 is 4.39 Å². The van der Waals surface area contributed by atoms with Gasteiger partial charge in [0.15, 0.2) is 5.96 Å². The molecular weight excluding hydrogens is 327 g/mol. The van der Waals surface area contributed by atoms with E-state index >= 15 is 0 Å². The van der Waals surface area contributed by atoms with Gasteiger partial charge in [0, 0.05) is 32.7 Å². The van der Waals surface area contributed by atoms with E-state index in [-0.39, 0.29) is 5.82 Å². The number of aliphatic imine (C=N–C) groups is 1. The number of nitrogens with zero attached hydrogens (tertiary/aromatic N) is 2. The summed E-state index contributed by atoms with van der Waals surface area (Å²) in [5.41, 5.74) is 3.57. The molecule has 0 aromatic heterocycles. The highest BCUT2D eigenvalue weighted by Crippen LogP contribution is 2.12. The van der Waals surface area contributed by atoms with Gasteiger partial charge in [-0.25, -0.2) is 4.39 Å². The molecule has 0 aliphatic carbocycles. The number of hydrogen-bond donors (Lipinski definition) is 2. The van der Waals surface area contributed by atoms with Crippen LogP contribution in [0.4, 0.5) is 4.39 Å². The van der Waals surface area contributed by atoms with Crippen LogP contribution < -0.4 is 10.6 Å². The first kappa shape index (κ1) is 19.9. The van der Waals surface area contributed by atoms with Crippen LogP contribution in [0.2, 0.25) is 0 Å². The van der Waals surface area contributed by atoms with Gasteiger partial charge in [0.1, 0.15) is 5.82 Å². The van der Waals surface area contributed by atoms with E-state index in [9.17, 15) is 4.39 Å². The maximum Gasteiger partial charge on any atom is 0.191 e. The summed E-state index contributed by atoms with van der Waals surface area (Å²) in [4.78, 5) is 6.58. The van der Waals surface area contributed by atoms with E-state index in [1.807, 2.05) is 0 Å². The van der Waals surface area contributed by atoms with Gasteiger partial charge in [-0.3, -0.25) is 9.89 Å². The summed E-state index contributed by atoms with van der Waals surface area (Å²) in [7, 11) is 3.89.